The van der Waals surface area contributed by atoms with E-state index < -0.39 is 48.4 Å². The molecule has 1 heterocycles. The van der Waals surface area contributed by atoms with Crippen molar-refractivity contribution >= 4 is 23.9 Å². The van der Waals surface area contributed by atoms with Crippen LogP contribution in [0.3, 0.4) is 0 Å². The van der Waals surface area contributed by atoms with Gasteiger partial charge in [-0.15, -0.1) is 0 Å². The van der Waals surface area contributed by atoms with Gasteiger partial charge in [0.2, 0.25) is 5.75 Å². The average molecular weight is 624 g/mol. The molecule has 0 amide bonds. The van der Waals surface area contributed by atoms with E-state index in [1.54, 1.807) is 24.3 Å². The number of aliphatic hydroxyl groups is 1. The second kappa shape index (κ2) is 17.0. The predicted octanol–water partition coefficient (Wildman–Crippen LogP) is 3.38. The van der Waals surface area contributed by atoms with Crippen LogP contribution in [0.2, 0.25) is 0 Å². The van der Waals surface area contributed by atoms with Gasteiger partial charge in [0, 0.05) is 0 Å². The van der Waals surface area contributed by atoms with E-state index >= 15 is 0 Å². The van der Waals surface area contributed by atoms with Crippen molar-refractivity contribution in [2.24, 2.45) is 0 Å². The zero-order chi connectivity index (χ0) is 32.9. The van der Waals surface area contributed by atoms with E-state index in [0.29, 0.717) is 29.2 Å². The molecule has 1 aliphatic heterocycles. The molecule has 242 valence electrons. The number of esters is 1. The van der Waals surface area contributed by atoms with Crippen molar-refractivity contribution in [3.05, 3.63) is 53.3 Å². The Bertz CT molecular complexity index is 1240. The van der Waals surface area contributed by atoms with Gasteiger partial charge in [0.15, 0.2) is 17.1 Å². The number of carbonyl (C=O) groups excluding carboxylic acids is 1. The van der Waals surface area contributed by atoms with Crippen molar-refractivity contribution in [3.63, 3.8) is 0 Å². The number of aliphatic carboxylic acids is 3. The van der Waals surface area contributed by atoms with Crippen LogP contribution < -0.4 is 14.2 Å². The Balaban J connectivity index is 0.000000439. The van der Waals surface area contributed by atoms with Crippen molar-refractivity contribution in [1.29, 1.82) is 0 Å². The lowest BCUT2D eigenvalue weighted by atomic mass is 9.96. The van der Waals surface area contributed by atoms with Gasteiger partial charge in [-0.25, -0.2) is 14.0 Å². The van der Waals surface area contributed by atoms with Gasteiger partial charge in [0.25, 0.3) is 0 Å². The molecule has 1 atom stereocenters. The molecule has 0 spiro atoms. The molecule has 0 saturated carbocycles. The third kappa shape index (κ3) is 10.7. The minimum Gasteiger partial charge on any atom is -0.493 e. The first-order chi connectivity index (χ1) is 20.8. The smallest absolute Gasteiger partial charge is 0.339 e. The summed E-state index contributed by atoms with van der Waals surface area (Å²) < 4.78 is 35.3. The summed E-state index contributed by atoms with van der Waals surface area (Å²) in [7, 11) is 4.49. The molecule has 0 radical (unpaired) electrons. The van der Waals surface area contributed by atoms with Gasteiger partial charge in [0.05, 0.1) is 39.7 Å². The molecule has 1 aliphatic rings. The first-order valence-electron chi connectivity index (χ1n) is 13.7. The normalized spacial score (nSPS) is 13.7. The lowest BCUT2D eigenvalue weighted by Gasteiger charge is -2.21. The molecule has 0 bridgehead atoms. The maximum Gasteiger partial charge on any atom is 0.339 e. The number of halogens is 1. The summed E-state index contributed by atoms with van der Waals surface area (Å²) >= 11 is 0. The molecule has 1 saturated heterocycles. The highest BCUT2D eigenvalue weighted by atomic mass is 19.1. The first kappa shape index (κ1) is 35.8. The number of ether oxygens (including phenoxy) is 4. The Morgan fingerprint density at radius 1 is 0.886 bits per heavy atom. The molecule has 4 N–H and O–H groups in total. The minimum atomic E-state index is -2.74. The number of hydrogen-bond donors (Lipinski definition) is 4. The van der Waals surface area contributed by atoms with Crippen LogP contribution in [0, 0.1) is 5.82 Å². The van der Waals surface area contributed by atoms with E-state index in [-0.39, 0.29) is 5.82 Å². The van der Waals surface area contributed by atoms with Gasteiger partial charge in [-0.1, -0.05) is 12.1 Å². The molecule has 13 nitrogen and oxygen atoms in total. The summed E-state index contributed by atoms with van der Waals surface area (Å²) in [5, 5.41) is 33.8. The second-order valence-electron chi connectivity index (χ2n) is 10.0. The number of carboxylic acids is 3. The fourth-order valence-electron chi connectivity index (χ4n) is 4.59. The molecule has 2 aromatic rings. The van der Waals surface area contributed by atoms with Gasteiger partial charge in [-0.2, -0.15) is 0 Å². The summed E-state index contributed by atoms with van der Waals surface area (Å²) in [4.78, 5) is 45.9. The van der Waals surface area contributed by atoms with E-state index in [1.165, 1.54) is 46.3 Å². The van der Waals surface area contributed by atoms with Crippen molar-refractivity contribution in [2.75, 3.05) is 41.0 Å². The van der Waals surface area contributed by atoms with Crippen molar-refractivity contribution < 1.29 is 62.9 Å². The molecule has 1 fully saturated rings. The van der Waals surface area contributed by atoms with Gasteiger partial charge in [-0.3, -0.25) is 9.59 Å². The van der Waals surface area contributed by atoms with Crippen LogP contribution in [0.25, 0.3) is 0 Å². The molecule has 3 rings (SSSR count). The molecule has 44 heavy (non-hydrogen) atoms. The van der Waals surface area contributed by atoms with E-state index in [1.807, 2.05) is 0 Å². The van der Waals surface area contributed by atoms with Crippen LogP contribution in [0.4, 0.5) is 4.39 Å². The number of rotatable bonds is 15. The Labute approximate surface area is 253 Å². The number of methoxy groups -OCH3 is 3. The Morgan fingerprint density at radius 2 is 1.41 bits per heavy atom. The van der Waals surface area contributed by atoms with Crippen molar-refractivity contribution in [1.82, 2.24) is 4.90 Å². The molecule has 1 unspecified atom stereocenters. The number of hydrogen-bond acceptors (Lipinski definition) is 10. The number of nitrogens with zero attached hydrogens (tertiary/aromatic N) is 1. The molecule has 2 aromatic carbocycles. The van der Waals surface area contributed by atoms with Gasteiger partial charge in [0.1, 0.15) is 11.9 Å². The van der Waals surface area contributed by atoms with Crippen LogP contribution in [0.1, 0.15) is 60.6 Å². The maximum atomic E-state index is 13.4. The summed E-state index contributed by atoms with van der Waals surface area (Å²) in [6.45, 7) is 3.19. The molecule has 0 aliphatic carbocycles. The Kier molecular flexibility index (Phi) is 13.8. The van der Waals surface area contributed by atoms with Gasteiger partial charge < -0.3 is 44.3 Å². The van der Waals surface area contributed by atoms with Crippen LogP contribution in [-0.2, 0) is 19.1 Å². The van der Waals surface area contributed by atoms with E-state index in [2.05, 4.69) is 4.90 Å². The topological polar surface area (TPSA) is 189 Å². The van der Waals surface area contributed by atoms with Crippen LogP contribution >= 0.6 is 0 Å². The standard InChI is InChI=1S/C24H30FNO5.C6H8O7/c1-28-21-15-18(16-22(29-2)23(21)30-3)24(27)31-20(17-8-10-19(25)11-9-17)7-6-14-26-12-4-5-13-26;7-3(8)1-6(13,5(11)12)2-4(9)10/h8-11,15-16,20H,4-7,12-14H2,1-3H3;13H,1-2H2,(H,7,8)(H,9,10)(H,11,12). The molecular formula is C30H38FNO12. The summed E-state index contributed by atoms with van der Waals surface area (Å²) in [6, 6.07) is 9.23. The first-order valence-corrected chi connectivity index (χ1v) is 13.7. The summed E-state index contributed by atoms with van der Waals surface area (Å²) in [5.74, 6) is -4.69. The largest absolute Gasteiger partial charge is 0.493 e. The highest BCUT2D eigenvalue weighted by Gasteiger charge is 2.40. The highest BCUT2D eigenvalue weighted by Crippen LogP contribution is 2.39. The van der Waals surface area contributed by atoms with Crippen LogP contribution in [0.5, 0.6) is 17.2 Å². The van der Waals surface area contributed by atoms with E-state index in [9.17, 15) is 23.6 Å². The third-order valence-corrected chi connectivity index (χ3v) is 6.82. The van der Waals surface area contributed by atoms with Gasteiger partial charge in [-0.05, 0) is 75.1 Å². The van der Waals surface area contributed by atoms with E-state index in [0.717, 1.165) is 31.6 Å². The SMILES string of the molecule is COc1cc(C(=O)OC(CCCN2CCCC2)c2ccc(F)cc2)cc(OC)c1OC.O=C(O)CC(O)(CC(=O)O)C(=O)O. The van der Waals surface area contributed by atoms with Crippen molar-refractivity contribution in [2.45, 2.75) is 50.2 Å². The average Bonchev–Trinajstić information content (AvgIpc) is 3.49. The van der Waals surface area contributed by atoms with Crippen LogP contribution in [0.15, 0.2) is 36.4 Å². The van der Waals surface area contributed by atoms with Crippen LogP contribution in [-0.4, -0.2) is 95.8 Å². The van der Waals surface area contributed by atoms with Gasteiger partial charge >= 0.3 is 23.9 Å². The number of carboxylic acid groups (broad SMARTS) is 3. The zero-order valence-corrected chi connectivity index (χ0v) is 24.8. The maximum absolute atomic E-state index is 13.4. The molecule has 14 heteroatoms. The molecular weight excluding hydrogens is 585 g/mol. The summed E-state index contributed by atoms with van der Waals surface area (Å²) in [6.07, 6.45) is 1.23. The predicted molar refractivity (Wildman–Crippen MR) is 153 cm³/mol. The monoisotopic (exact) mass is 623 g/mol. The minimum absolute atomic E-state index is 0.293. The summed E-state index contributed by atoms with van der Waals surface area (Å²) in [5.41, 5.74) is -1.68. The third-order valence-electron chi connectivity index (χ3n) is 6.82. The quantitative estimate of drug-likeness (QED) is 0.212. The second-order valence-corrected chi connectivity index (χ2v) is 10.0. The Morgan fingerprint density at radius 3 is 1.84 bits per heavy atom. The number of benzene rings is 2. The van der Waals surface area contributed by atoms with Crippen molar-refractivity contribution in [3.8, 4) is 17.2 Å². The zero-order valence-electron chi connectivity index (χ0n) is 24.8. The Hall–Kier alpha value is -4.43. The lowest BCUT2D eigenvalue weighted by molar-refractivity contribution is -0.170. The number of likely N-dealkylation sites (tertiary alicyclic amines) is 1. The number of carbonyl (C=O) groups is 4. The fraction of sp³-hybridized carbons (Fsp3) is 0.467. The van der Waals surface area contributed by atoms with E-state index in [4.69, 9.17) is 39.4 Å². The lowest BCUT2D eigenvalue weighted by Crippen LogP contribution is -2.42. The highest BCUT2D eigenvalue weighted by molar-refractivity contribution is 5.91. The molecule has 0 aromatic heterocycles. The fourth-order valence-corrected chi connectivity index (χ4v) is 4.59.